The first-order chi connectivity index (χ1) is 6.83. The molecule has 1 aliphatic rings. The smallest absolute Gasteiger partial charge is 0.408 e. The van der Waals surface area contributed by atoms with E-state index in [1.807, 2.05) is 0 Å². The Kier molecular flexibility index (Phi) is 3.18. The lowest BCUT2D eigenvalue weighted by Gasteiger charge is -2.36. The molecule has 1 heterocycles. The first kappa shape index (κ1) is 11.8. The van der Waals surface area contributed by atoms with Gasteiger partial charge in [-0.2, -0.15) is 0 Å². The van der Waals surface area contributed by atoms with E-state index in [-0.39, 0.29) is 12.5 Å². The maximum atomic E-state index is 11.3. The molecule has 0 unspecified atom stereocenters. The lowest BCUT2D eigenvalue weighted by molar-refractivity contribution is -0.132. The summed E-state index contributed by atoms with van der Waals surface area (Å²) in [6, 6.07) is -1.10. The van der Waals surface area contributed by atoms with Crippen molar-refractivity contribution in [3.05, 3.63) is 0 Å². The van der Waals surface area contributed by atoms with E-state index in [9.17, 15) is 9.59 Å². The van der Waals surface area contributed by atoms with Crippen LogP contribution in [0.2, 0.25) is 0 Å². The molecule has 6 nitrogen and oxygen atoms in total. The Labute approximate surface area is 88.0 Å². The number of nitrogens with one attached hydrogen (secondary N) is 2. The predicted molar refractivity (Wildman–Crippen MR) is 52.2 cm³/mol. The molecule has 1 fully saturated rings. The molecule has 0 aromatic carbocycles. The van der Waals surface area contributed by atoms with Gasteiger partial charge in [0.05, 0.1) is 12.6 Å². The summed E-state index contributed by atoms with van der Waals surface area (Å²) in [5.74, 6) is -0.306. The lowest BCUT2D eigenvalue weighted by Crippen LogP contribution is -2.70. The van der Waals surface area contributed by atoms with Gasteiger partial charge in [-0.15, -0.1) is 0 Å². The third-order valence-corrected chi connectivity index (χ3v) is 1.88. The highest BCUT2D eigenvalue weighted by Crippen LogP contribution is 2.09. The molecule has 2 atom stereocenters. The molecule has 1 aliphatic heterocycles. The molecule has 0 spiro atoms. The minimum Gasteiger partial charge on any atom is -0.444 e. The summed E-state index contributed by atoms with van der Waals surface area (Å²) in [5, 5.41) is 13.7. The van der Waals surface area contributed by atoms with Crippen LogP contribution in [0.3, 0.4) is 0 Å². The molecule has 1 saturated heterocycles. The van der Waals surface area contributed by atoms with E-state index in [2.05, 4.69) is 10.6 Å². The first-order valence-electron chi connectivity index (χ1n) is 4.74. The third kappa shape index (κ3) is 3.09. The van der Waals surface area contributed by atoms with Crippen LogP contribution in [0.1, 0.15) is 20.8 Å². The maximum Gasteiger partial charge on any atom is 0.408 e. The summed E-state index contributed by atoms with van der Waals surface area (Å²) < 4.78 is 4.97. The van der Waals surface area contributed by atoms with Gasteiger partial charge in [-0.05, 0) is 20.8 Å². The topological polar surface area (TPSA) is 87.7 Å². The van der Waals surface area contributed by atoms with Gasteiger partial charge >= 0.3 is 6.09 Å². The van der Waals surface area contributed by atoms with Crippen LogP contribution in [0.4, 0.5) is 4.79 Å². The number of alkyl carbamates (subject to hydrolysis) is 1. The van der Waals surface area contributed by atoms with Crippen LogP contribution in [0.15, 0.2) is 0 Å². The summed E-state index contributed by atoms with van der Waals surface area (Å²) >= 11 is 0. The zero-order valence-electron chi connectivity index (χ0n) is 9.03. The van der Waals surface area contributed by atoms with Crippen molar-refractivity contribution in [3.63, 3.8) is 0 Å². The van der Waals surface area contributed by atoms with E-state index in [4.69, 9.17) is 9.84 Å². The van der Waals surface area contributed by atoms with Gasteiger partial charge < -0.3 is 20.5 Å². The fraction of sp³-hybridized carbons (Fsp3) is 0.778. The van der Waals surface area contributed by atoms with Gasteiger partial charge in [0.1, 0.15) is 11.6 Å². The number of carbonyl (C=O) groups excluding carboxylic acids is 2. The average Bonchev–Trinajstić information content (AvgIpc) is 2.07. The Morgan fingerprint density at radius 2 is 2.20 bits per heavy atom. The van der Waals surface area contributed by atoms with Crippen molar-refractivity contribution in [1.82, 2.24) is 10.6 Å². The highest BCUT2D eigenvalue weighted by atomic mass is 16.6. The third-order valence-electron chi connectivity index (χ3n) is 1.88. The molecule has 0 saturated carbocycles. The van der Waals surface area contributed by atoms with Crippen molar-refractivity contribution in [3.8, 4) is 0 Å². The number of carbonyl (C=O) groups is 2. The quantitative estimate of drug-likeness (QED) is 0.536. The van der Waals surface area contributed by atoms with Crippen LogP contribution >= 0.6 is 0 Å². The number of hydrogen-bond donors (Lipinski definition) is 3. The van der Waals surface area contributed by atoms with Gasteiger partial charge in [-0.3, -0.25) is 4.79 Å². The first-order valence-corrected chi connectivity index (χ1v) is 4.74. The monoisotopic (exact) mass is 216 g/mol. The van der Waals surface area contributed by atoms with Gasteiger partial charge in [0.15, 0.2) is 0 Å². The number of aliphatic hydroxyl groups is 1. The predicted octanol–water partition coefficient (Wildman–Crippen LogP) is -0.630. The summed E-state index contributed by atoms with van der Waals surface area (Å²) in [6.45, 7) is 5.00. The molecule has 15 heavy (non-hydrogen) atoms. The maximum absolute atomic E-state index is 11.3. The fourth-order valence-electron chi connectivity index (χ4n) is 1.19. The van der Waals surface area contributed by atoms with Gasteiger partial charge in [-0.25, -0.2) is 4.79 Å². The van der Waals surface area contributed by atoms with E-state index in [0.29, 0.717) is 0 Å². The molecule has 2 amide bonds. The summed E-state index contributed by atoms with van der Waals surface area (Å²) in [6.07, 6.45) is -0.652. The lowest BCUT2D eigenvalue weighted by atomic mass is 10.0. The van der Waals surface area contributed by atoms with Gasteiger partial charge in [0.25, 0.3) is 0 Å². The normalized spacial score (nSPS) is 25.2. The average molecular weight is 216 g/mol. The van der Waals surface area contributed by atoms with Gasteiger partial charge in [0, 0.05) is 0 Å². The minimum atomic E-state index is -0.690. The second kappa shape index (κ2) is 4.06. The van der Waals surface area contributed by atoms with Crippen molar-refractivity contribution < 1.29 is 19.4 Å². The van der Waals surface area contributed by atoms with Crippen molar-refractivity contribution in [2.45, 2.75) is 38.5 Å². The Hall–Kier alpha value is -1.30. The molecule has 3 N–H and O–H groups in total. The van der Waals surface area contributed by atoms with Crippen LogP contribution in [-0.2, 0) is 9.53 Å². The molecule has 6 heteroatoms. The molecule has 0 bridgehead atoms. The number of aliphatic hydroxyl groups excluding tert-OH is 1. The van der Waals surface area contributed by atoms with E-state index >= 15 is 0 Å². The largest absolute Gasteiger partial charge is 0.444 e. The van der Waals surface area contributed by atoms with Crippen molar-refractivity contribution in [1.29, 1.82) is 0 Å². The van der Waals surface area contributed by atoms with E-state index in [1.54, 1.807) is 20.8 Å². The van der Waals surface area contributed by atoms with Gasteiger partial charge in [-0.1, -0.05) is 0 Å². The molecule has 86 valence electrons. The Bertz CT molecular complexity index is 272. The van der Waals surface area contributed by atoms with Crippen LogP contribution in [0.5, 0.6) is 0 Å². The number of hydrogen-bond acceptors (Lipinski definition) is 4. The molecular formula is C9H16N2O4. The fourth-order valence-corrected chi connectivity index (χ4v) is 1.19. The second-order valence-electron chi connectivity index (χ2n) is 4.42. The van der Waals surface area contributed by atoms with Crippen molar-refractivity contribution in [2.24, 2.45) is 0 Å². The minimum absolute atomic E-state index is 0.202. The van der Waals surface area contributed by atoms with E-state index < -0.39 is 23.8 Å². The highest BCUT2D eigenvalue weighted by Gasteiger charge is 2.40. The molecule has 1 rings (SSSR count). The molecule has 0 radical (unpaired) electrons. The Morgan fingerprint density at radius 3 is 2.60 bits per heavy atom. The van der Waals surface area contributed by atoms with Gasteiger partial charge in [0.2, 0.25) is 5.91 Å². The molecule has 0 aromatic heterocycles. The SMILES string of the molecule is CC(C)(C)OC(=O)N[C@H]1C(=O)N[C@@H]1CO. The number of ether oxygens (including phenoxy) is 1. The second-order valence-corrected chi connectivity index (χ2v) is 4.42. The Morgan fingerprint density at radius 1 is 1.60 bits per heavy atom. The highest BCUT2D eigenvalue weighted by molar-refractivity contribution is 5.92. The summed E-state index contributed by atoms with van der Waals surface area (Å²) in [5.41, 5.74) is -0.598. The zero-order chi connectivity index (χ0) is 11.6. The standard InChI is InChI=1S/C9H16N2O4/c1-9(2,3)15-8(14)11-6-5(4-12)10-7(6)13/h5-6,12H,4H2,1-3H3,(H,10,13)(H,11,14)/t5-,6-/m1/s1. The molecular weight excluding hydrogens is 200 g/mol. The van der Waals surface area contributed by atoms with Crippen molar-refractivity contribution in [2.75, 3.05) is 6.61 Å². The zero-order valence-corrected chi connectivity index (χ0v) is 9.03. The molecule has 0 aliphatic carbocycles. The summed E-state index contributed by atoms with van der Waals surface area (Å²) in [4.78, 5) is 22.3. The number of rotatable bonds is 2. The number of amides is 2. The number of β-lactam (4-membered cyclic amide) rings is 1. The Balaban J connectivity index is 2.41. The summed E-state index contributed by atoms with van der Waals surface area (Å²) in [7, 11) is 0. The van der Waals surface area contributed by atoms with E-state index in [0.717, 1.165) is 0 Å². The van der Waals surface area contributed by atoms with Crippen LogP contribution in [0.25, 0.3) is 0 Å². The van der Waals surface area contributed by atoms with Crippen LogP contribution in [-0.4, -0.2) is 41.4 Å². The van der Waals surface area contributed by atoms with Crippen molar-refractivity contribution >= 4 is 12.0 Å². The van der Waals surface area contributed by atoms with E-state index in [1.165, 1.54) is 0 Å². The van der Waals surface area contributed by atoms with Crippen LogP contribution in [0, 0.1) is 0 Å². The molecule has 0 aromatic rings. The van der Waals surface area contributed by atoms with Crippen LogP contribution < -0.4 is 10.6 Å².